The van der Waals surface area contributed by atoms with Gasteiger partial charge in [-0.15, -0.1) is 0 Å². The van der Waals surface area contributed by atoms with Crippen LogP contribution in [0.4, 0.5) is 0 Å². The van der Waals surface area contributed by atoms with E-state index in [2.05, 4.69) is 188 Å². The van der Waals surface area contributed by atoms with Crippen molar-refractivity contribution in [3.05, 3.63) is 205 Å². The predicted molar refractivity (Wildman–Crippen MR) is 239 cm³/mol. The summed E-state index contributed by atoms with van der Waals surface area (Å²) in [5.74, 6) is 1.90. The van der Waals surface area contributed by atoms with Crippen molar-refractivity contribution in [3.8, 4) is 73.2 Å². The Balaban J connectivity index is 1.05. The highest BCUT2D eigenvalue weighted by Crippen LogP contribution is 2.49. The first kappa shape index (κ1) is 33.9. The van der Waals surface area contributed by atoms with Gasteiger partial charge < -0.3 is 4.57 Å². The first-order valence-electron chi connectivity index (χ1n) is 19.9. The second-order valence-corrected chi connectivity index (χ2v) is 15.7. The Morgan fingerprint density at radius 3 is 1.62 bits per heavy atom. The van der Waals surface area contributed by atoms with Gasteiger partial charge in [0, 0.05) is 38.6 Å². The van der Waals surface area contributed by atoms with E-state index in [9.17, 15) is 0 Å². The van der Waals surface area contributed by atoms with Crippen LogP contribution in [0.1, 0.15) is 25.0 Å². The van der Waals surface area contributed by atoms with Crippen molar-refractivity contribution < 1.29 is 0 Å². The van der Waals surface area contributed by atoms with Crippen LogP contribution in [0.15, 0.2) is 194 Å². The molecule has 4 nitrogen and oxygen atoms in total. The number of rotatable bonds is 6. The average Bonchev–Trinajstić information content (AvgIpc) is 3.74. The van der Waals surface area contributed by atoms with Crippen molar-refractivity contribution in [1.29, 1.82) is 0 Å². The maximum absolute atomic E-state index is 5.21. The van der Waals surface area contributed by atoms with E-state index in [1.54, 1.807) is 0 Å². The van der Waals surface area contributed by atoms with Gasteiger partial charge >= 0.3 is 0 Å². The number of para-hydroxylation sites is 1. The Hall–Kier alpha value is -7.43. The summed E-state index contributed by atoms with van der Waals surface area (Å²) in [5.41, 5.74) is 16.1. The lowest BCUT2D eigenvalue weighted by Crippen LogP contribution is -2.14. The lowest BCUT2D eigenvalue weighted by Gasteiger charge is -2.21. The Kier molecular flexibility index (Phi) is 7.80. The molecule has 8 aromatic carbocycles. The van der Waals surface area contributed by atoms with E-state index in [-0.39, 0.29) is 5.41 Å². The van der Waals surface area contributed by atoms with E-state index < -0.39 is 0 Å². The summed E-state index contributed by atoms with van der Waals surface area (Å²) in [7, 11) is 0. The first-order valence-corrected chi connectivity index (χ1v) is 19.9. The largest absolute Gasteiger partial charge is 0.309 e. The van der Waals surface area contributed by atoms with E-state index >= 15 is 0 Å². The van der Waals surface area contributed by atoms with Gasteiger partial charge in [0.2, 0.25) is 0 Å². The van der Waals surface area contributed by atoms with Crippen LogP contribution in [0, 0.1) is 0 Å². The molecule has 4 heteroatoms. The third kappa shape index (κ3) is 5.56. The molecule has 0 fully saturated rings. The molecule has 2 aromatic heterocycles. The summed E-state index contributed by atoms with van der Waals surface area (Å²) in [5, 5.41) is 2.39. The van der Waals surface area contributed by atoms with Crippen molar-refractivity contribution in [1.82, 2.24) is 19.5 Å². The minimum atomic E-state index is -0.0577. The van der Waals surface area contributed by atoms with Crippen molar-refractivity contribution in [3.63, 3.8) is 0 Å². The molecule has 0 spiro atoms. The molecule has 0 saturated heterocycles. The minimum absolute atomic E-state index is 0.0577. The molecule has 10 aromatic rings. The highest BCUT2D eigenvalue weighted by molar-refractivity contribution is 6.10. The van der Waals surface area contributed by atoms with Crippen LogP contribution in [0.5, 0.6) is 0 Å². The Morgan fingerprint density at radius 1 is 0.345 bits per heavy atom. The molecule has 2 heterocycles. The molecule has 0 N–H and O–H groups in total. The van der Waals surface area contributed by atoms with Crippen molar-refractivity contribution >= 4 is 21.8 Å². The summed E-state index contributed by atoms with van der Waals surface area (Å²) in [6.07, 6.45) is 0. The number of hydrogen-bond acceptors (Lipinski definition) is 3. The van der Waals surface area contributed by atoms with E-state index in [4.69, 9.17) is 15.0 Å². The second kappa shape index (κ2) is 13.4. The van der Waals surface area contributed by atoms with Gasteiger partial charge in [-0.1, -0.05) is 178 Å². The number of benzene rings is 8. The molecular weight excluding hydrogens is 705 g/mol. The standard InChI is InChI=1S/C54H38N4/c1-54(2)47-22-11-9-20-43(47)46-34-42(29-31-48(46)54)58-49-23-12-10-21-44(49)45-30-28-41(33-50(45)58)53-56-51(38-16-7-4-8-17-38)55-52(57-53)40-19-13-18-39(32-40)37-26-24-36(25-27-37)35-14-5-3-6-15-35/h3-34H,1-2H3. The number of aromatic nitrogens is 4. The third-order valence-electron chi connectivity index (χ3n) is 11.9. The molecule has 0 aliphatic heterocycles. The van der Waals surface area contributed by atoms with Crippen LogP contribution in [0.3, 0.4) is 0 Å². The Bertz CT molecular complexity index is 3180. The molecule has 0 unspecified atom stereocenters. The monoisotopic (exact) mass is 742 g/mol. The van der Waals surface area contributed by atoms with Gasteiger partial charge in [-0.05, 0) is 74.8 Å². The lowest BCUT2D eigenvalue weighted by atomic mass is 9.82. The molecule has 1 aliphatic carbocycles. The van der Waals surface area contributed by atoms with E-state index in [1.165, 1.54) is 44.2 Å². The van der Waals surface area contributed by atoms with E-state index in [0.29, 0.717) is 17.5 Å². The maximum atomic E-state index is 5.21. The third-order valence-corrected chi connectivity index (χ3v) is 11.9. The molecule has 11 rings (SSSR count). The molecule has 1 aliphatic rings. The summed E-state index contributed by atoms with van der Waals surface area (Å²) >= 11 is 0. The number of hydrogen-bond donors (Lipinski definition) is 0. The zero-order valence-corrected chi connectivity index (χ0v) is 32.3. The van der Waals surface area contributed by atoms with Gasteiger partial charge in [-0.2, -0.15) is 0 Å². The van der Waals surface area contributed by atoms with Gasteiger partial charge in [0.25, 0.3) is 0 Å². The zero-order chi connectivity index (χ0) is 38.8. The second-order valence-electron chi connectivity index (χ2n) is 15.7. The van der Waals surface area contributed by atoms with Gasteiger partial charge in [-0.3, -0.25) is 0 Å². The summed E-state index contributed by atoms with van der Waals surface area (Å²) in [6.45, 7) is 4.66. The van der Waals surface area contributed by atoms with Crippen LogP contribution < -0.4 is 0 Å². The fourth-order valence-corrected chi connectivity index (χ4v) is 8.91. The Labute approximate surface area is 337 Å². The average molecular weight is 743 g/mol. The molecular formula is C54H38N4. The first-order chi connectivity index (χ1) is 28.5. The van der Waals surface area contributed by atoms with Crippen LogP contribution in [-0.2, 0) is 5.41 Å². The zero-order valence-electron chi connectivity index (χ0n) is 32.3. The quantitative estimate of drug-likeness (QED) is 0.170. The topological polar surface area (TPSA) is 43.6 Å². The Morgan fingerprint density at radius 2 is 0.862 bits per heavy atom. The molecule has 0 amide bonds. The number of nitrogens with zero attached hydrogens (tertiary/aromatic N) is 4. The lowest BCUT2D eigenvalue weighted by molar-refractivity contribution is 0.660. The highest BCUT2D eigenvalue weighted by Gasteiger charge is 2.35. The summed E-state index contributed by atoms with van der Waals surface area (Å²) in [6, 6.07) is 69.0. The summed E-state index contributed by atoms with van der Waals surface area (Å²) in [4.78, 5) is 15.4. The summed E-state index contributed by atoms with van der Waals surface area (Å²) < 4.78 is 2.40. The van der Waals surface area contributed by atoms with Crippen molar-refractivity contribution in [2.45, 2.75) is 19.3 Å². The van der Waals surface area contributed by atoms with E-state index in [0.717, 1.165) is 44.5 Å². The molecule has 0 saturated carbocycles. The maximum Gasteiger partial charge on any atom is 0.164 e. The van der Waals surface area contributed by atoms with E-state index in [1.807, 2.05) is 24.3 Å². The molecule has 274 valence electrons. The fourth-order valence-electron chi connectivity index (χ4n) is 8.91. The van der Waals surface area contributed by atoms with Crippen LogP contribution >= 0.6 is 0 Å². The predicted octanol–water partition coefficient (Wildman–Crippen LogP) is 13.6. The fraction of sp³-hybridized carbons (Fsp3) is 0.0556. The van der Waals surface area contributed by atoms with Crippen molar-refractivity contribution in [2.75, 3.05) is 0 Å². The molecule has 0 bridgehead atoms. The molecule has 58 heavy (non-hydrogen) atoms. The molecule has 0 atom stereocenters. The minimum Gasteiger partial charge on any atom is -0.309 e. The van der Waals surface area contributed by atoms with Crippen LogP contribution in [0.25, 0.3) is 95.0 Å². The van der Waals surface area contributed by atoms with Crippen molar-refractivity contribution in [2.24, 2.45) is 0 Å². The normalized spacial score (nSPS) is 12.8. The smallest absolute Gasteiger partial charge is 0.164 e. The molecule has 0 radical (unpaired) electrons. The van der Waals surface area contributed by atoms with Gasteiger partial charge in [0.05, 0.1) is 11.0 Å². The van der Waals surface area contributed by atoms with Gasteiger partial charge in [0.15, 0.2) is 17.5 Å². The SMILES string of the molecule is CC1(C)c2ccccc2-c2cc(-n3c4ccccc4c4ccc(-c5nc(-c6ccccc6)nc(-c6cccc(-c7ccc(-c8ccccc8)cc7)c6)n5)cc43)ccc21. The van der Waals surface area contributed by atoms with Gasteiger partial charge in [0.1, 0.15) is 0 Å². The van der Waals surface area contributed by atoms with Crippen LogP contribution in [0.2, 0.25) is 0 Å². The van der Waals surface area contributed by atoms with Crippen LogP contribution in [-0.4, -0.2) is 19.5 Å². The van der Waals surface area contributed by atoms with Gasteiger partial charge in [-0.25, -0.2) is 15.0 Å². The number of fused-ring (bicyclic) bond motifs is 6. The highest BCUT2D eigenvalue weighted by atomic mass is 15.0.